The highest BCUT2D eigenvalue weighted by Crippen LogP contribution is 2.84. The Kier molecular flexibility index (Phi) is 7.93. The smallest absolute Gasteiger partial charge is 0.404 e. The molecule has 2 heterocycles. The van der Waals surface area contributed by atoms with Crippen molar-refractivity contribution in [2.45, 2.75) is 121 Å². The lowest BCUT2D eigenvalue weighted by molar-refractivity contribution is -0.388. The maximum absolute atomic E-state index is 14.5. The van der Waals surface area contributed by atoms with E-state index < -0.39 is 52.2 Å². The van der Waals surface area contributed by atoms with Crippen molar-refractivity contribution in [3.8, 4) is 0 Å². The fraction of sp³-hybridized carbons (Fsp3) is 0.714. The SMILES string of the molecule is CC1=C2C(OC(=O)C3CC3)C(=O)[C@]3(C)C(O)CC4OC[C@H]4C34C[C@](O)(C[C@@H]1OC(=O)CCc1cccs1)[C@]24C.NC(=O)OC1CCC1. The van der Waals surface area contributed by atoms with Crippen molar-refractivity contribution in [2.75, 3.05) is 6.61 Å². The largest absolute Gasteiger partial charge is 0.458 e. The minimum Gasteiger partial charge on any atom is -0.458 e. The van der Waals surface area contributed by atoms with E-state index in [4.69, 9.17) is 19.9 Å². The number of Topliss-reactive ketones (excluding diaryl/α,β-unsaturated/α-hetero) is 1. The van der Waals surface area contributed by atoms with Crippen LogP contribution in [0.5, 0.6) is 0 Å². The maximum Gasteiger partial charge on any atom is 0.404 e. The maximum atomic E-state index is 14.5. The van der Waals surface area contributed by atoms with E-state index in [0.717, 1.165) is 37.0 Å². The Morgan fingerprint density at radius 2 is 1.87 bits per heavy atom. The zero-order valence-corrected chi connectivity index (χ0v) is 28.0. The van der Waals surface area contributed by atoms with Crippen LogP contribution in [0.2, 0.25) is 0 Å². The molecule has 6 aliphatic carbocycles. The van der Waals surface area contributed by atoms with Crippen molar-refractivity contribution < 1.29 is 48.3 Å². The molecule has 8 rings (SSSR count). The summed E-state index contributed by atoms with van der Waals surface area (Å²) in [6.07, 6.45) is 2.60. The van der Waals surface area contributed by atoms with Crippen molar-refractivity contribution in [1.82, 2.24) is 0 Å². The van der Waals surface area contributed by atoms with E-state index >= 15 is 0 Å². The molecule has 1 aliphatic heterocycles. The second-order valence-corrected chi connectivity index (χ2v) is 16.1. The third-order valence-corrected chi connectivity index (χ3v) is 13.8. The average Bonchev–Trinajstić information content (AvgIpc) is 3.71. The summed E-state index contributed by atoms with van der Waals surface area (Å²) in [5.41, 5.74) is 1.78. The number of ether oxygens (including phenoxy) is 4. The molecular formula is C35H45NO10S. The van der Waals surface area contributed by atoms with Gasteiger partial charge in [0.15, 0.2) is 11.9 Å². The molecule has 5 saturated carbocycles. The van der Waals surface area contributed by atoms with Gasteiger partial charge in [-0.1, -0.05) is 13.0 Å². The first kappa shape index (κ1) is 32.7. The molecule has 256 valence electrons. The van der Waals surface area contributed by atoms with Gasteiger partial charge in [-0.05, 0) is 81.4 Å². The van der Waals surface area contributed by atoms with Gasteiger partial charge in [-0.2, -0.15) is 0 Å². The predicted octanol–water partition coefficient (Wildman–Crippen LogP) is 3.76. The zero-order chi connectivity index (χ0) is 33.5. The van der Waals surface area contributed by atoms with Gasteiger partial charge >= 0.3 is 18.0 Å². The van der Waals surface area contributed by atoms with Crippen molar-refractivity contribution in [3.63, 3.8) is 0 Å². The van der Waals surface area contributed by atoms with Crippen LogP contribution < -0.4 is 5.73 Å². The van der Waals surface area contributed by atoms with Crippen LogP contribution in [0.15, 0.2) is 28.7 Å². The van der Waals surface area contributed by atoms with Gasteiger partial charge in [0.25, 0.3) is 0 Å². The molecule has 1 saturated heterocycles. The normalized spacial score (nSPS) is 41.3. The van der Waals surface area contributed by atoms with E-state index in [0.29, 0.717) is 37.0 Å². The van der Waals surface area contributed by atoms with E-state index in [1.807, 2.05) is 31.4 Å². The summed E-state index contributed by atoms with van der Waals surface area (Å²) in [7, 11) is 0. The molecule has 7 aliphatic rings. The zero-order valence-electron chi connectivity index (χ0n) is 27.2. The van der Waals surface area contributed by atoms with Gasteiger partial charge in [0.05, 0.1) is 42.2 Å². The second-order valence-electron chi connectivity index (χ2n) is 15.0. The topological polar surface area (TPSA) is 172 Å². The first-order valence-electron chi connectivity index (χ1n) is 16.9. The Labute approximate surface area is 278 Å². The first-order chi connectivity index (χ1) is 22.3. The van der Waals surface area contributed by atoms with Crippen LogP contribution in [0.25, 0.3) is 0 Å². The number of hydrogen-bond donors (Lipinski definition) is 3. The molecule has 4 N–H and O–H groups in total. The molecule has 1 spiro atoms. The third-order valence-electron chi connectivity index (χ3n) is 12.9. The summed E-state index contributed by atoms with van der Waals surface area (Å²) in [6.45, 7) is 6.08. The van der Waals surface area contributed by atoms with Crippen molar-refractivity contribution >= 4 is 35.2 Å². The first-order valence-corrected chi connectivity index (χ1v) is 17.8. The van der Waals surface area contributed by atoms with Crippen LogP contribution in [0, 0.1) is 28.1 Å². The number of ketones is 1. The van der Waals surface area contributed by atoms with Crippen molar-refractivity contribution in [2.24, 2.45) is 33.8 Å². The number of nitrogens with two attached hydrogens (primary N) is 1. The minimum absolute atomic E-state index is 0.00657. The lowest BCUT2D eigenvalue weighted by Crippen LogP contribution is -2.88. The number of hydrogen-bond acceptors (Lipinski definition) is 11. The summed E-state index contributed by atoms with van der Waals surface area (Å²) in [5, 5.41) is 25.7. The molecule has 0 radical (unpaired) electrons. The number of carbonyl (C=O) groups excluding carboxylic acids is 4. The van der Waals surface area contributed by atoms with Gasteiger partial charge < -0.3 is 34.9 Å². The highest BCUT2D eigenvalue weighted by atomic mass is 32.1. The van der Waals surface area contributed by atoms with E-state index in [9.17, 15) is 29.4 Å². The van der Waals surface area contributed by atoms with E-state index in [2.05, 4.69) is 4.74 Å². The van der Waals surface area contributed by atoms with E-state index in [1.54, 1.807) is 18.3 Å². The summed E-state index contributed by atoms with van der Waals surface area (Å²) in [4.78, 5) is 51.5. The summed E-state index contributed by atoms with van der Waals surface area (Å²) < 4.78 is 22.4. The fourth-order valence-corrected chi connectivity index (χ4v) is 10.6. The van der Waals surface area contributed by atoms with Gasteiger partial charge in [-0.25, -0.2) is 4.79 Å². The number of rotatable bonds is 7. The van der Waals surface area contributed by atoms with E-state index in [1.165, 1.54) is 0 Å². The number of carbonyl (C=O) groups is 4. The van der Waals surface area contributed by atoms with Crippen molar-refractivity contribution in [1.29, 1.82) is 0 Å². The Morgan fingerprint density at radius 3 is 2.43 bits per heavy atom. The molecule has 12 heteroatoms. The average molecular weight is 672 g/mol. The Bertz CT molecular complexity index is 1500. The molecule has 1 aromatic heterocycles. The van der Waals surface area contributed by atoms with Gasteiger partial charge in [0, 0.05) is 34.5 Å². The number of esters is 2. The molecule has 9 atom stereocenters. The van der Waals surface area contributed by atoms with Gasteiger partial charge in [0.1, 0.15) is 12.2 Å². The predicted molar refractivity (Wildman–Crippen MR) is 168 cm³/mol. The number of thiophene rings is 1. The minimum atomic E-state index is -1.29. The molecular weight excluding hydrogens is 626 g/mol. The molecule has 1 amide bonds. The quantitative estimate of drug-likeness (QED) is 0.220. The number of aryl methyl sites for hydroxylation is 1. The molecule has 0 bridgehead atoms. The van der Waals surface area contributed by atoms with E-state index in [-0.39, 0.29) is 48.6 Å². The number of primary amides is 1. The Morgan fingerprint density at radius 1 is 1.13 bits per heavy atom. The molecule has 1 aromatic rings. The fourth-order valence-electron chi connectivity index (χ4n) is 9.86. The van der Waals surface area contributed by atoms with Gasteiger partial charge in [-0.15, -0.1) is 11.3 Å². The third kappa shape index (κ3) is 4.68. The standard InChI is InChI=1S/C30H36O8S.C5H9NO2/c1-15-20(37-22(32)9-8-17-5-4-10-39-17)12-29(35)14-30-18-13-36-19(18)11-21(31)27(30,2)25(33)24(23(15)28(29,30)3)38-26(34)16-6-7-16;6-5(7)8-4-2-1-3-4/h4-5,10,16,18-21,24,31,35H,6-9,11-14H2,1-3H3;4H,1-3H2,(H2,6,7)/t18-,19?,20+,21?,24?,27+,28+,29-,30?;/m1./s1. The number of aliphatic hydroxyl groups is 2. The molecule has 47 heavy (non-hydrogen) atoms. The van der Waals surface area contributed by atoms with Crippen LogP contribution in [0.3, 0.4) is 0 Å². The summed E-state index contributed by atoms with van der Waals surface area (Å²) in [6, 6.07) is 3.92. The van der Waals surface area contributed by atoms with Crippen molar-refractivity contribution in [3.05, 3.63) is 33.5 Å². The molecule has 11 nitrogen and oxygen atoms in total. The Hall–Kier alpha value is -2.80. The lowest BCUT2D eigenvalue weighted by atomic mass is 9.22. The second kappa shape index (κ2) is 11.4. The highest BCUT2D eigenvalue weighted by molar-refractivity contribution is 7.09. The summed E-state index contributed by atoms with van der Waals surface area (Å²) >= 11 is 1.59. The summed E-state index contributed by atoms with van der Waals surface area (Å²) in [5.74, 6) is -1.32. The Balaban J connectivity index is 0.000000386. The number of aliphatic hydroxyl groups excluding tert-OH is 1. The molecule has 0 aromatic carbocycles. The van der Waals surface area contributed by atoms with Crippen LogP contribution in [-0.2, 0) is 39.8 Å². The van der Waals surface area contributed by atoms with Crippen LogP contribution in [-0.4, -0.2) is 76.8 Å². The molecule has 4 unspecified atom stereocenters. The number of fused-ring (bicyclic) bond motifs is 1. The van der Waals surface area contributed by atoms with Crippen LogP contribution in [0.1, 0.15) is 83.4 Å². The number of amides is 1. The van der Waals surface area contributed by atoms with Gasteiger partial charge in [-0.3, -0.25) is 14.4 Å². The van der Waals surface area contributed by atoms with Crippen LogP contribution in [0.4, 0.5) is 4.79 Å². The molecule has 6 fully saturated rings. The lowest BCUT2D eigenvalue weighted by Gasteiger charge is -2.83. The van der Waals surface area contributed by atoms with Crippen LogP contribution >= 0.6 is 11.3 Å². The van der Waals surface area contributed by atoms with Gasteiger partial charge in [0.2, 0.25) is 0 Å². The highest BCUT2D eigenvalue weighted by Gasteiger charge is 2.89. The monoisotopic (exact) mass is 671 g/mol.